The summed E-state index contributed by atoms with van der Waals surface area (Å²) in [6.45, 7) is 36.4. The first kappa shape index (κ1) is 91.6. The summed E-state index contributed by atoms with van der Waals surface area (Å²) in [6.07, 6.45) is 22.3. The number of ether oxygens (including phenoxy) is 7. The van der Waals surface area contributed by atoms with Crippen LogP contribution in [0.1, 0.15) is 199 Å². The molecule has 0 saturated carbocycles. The summed E-state index contributed by atoms with van der Waals surface area (Å²) in [5, 5.41) is 23.8. The van der Waals surface area contributed by atoms with Crippen molar-refractivity contribution in [1.29, 1.82) is 0 Å². The Morgan fingerprint density at radius 2 is 0.889 bits per heavy atom. The number of carboxylic acid groups (broad SMARTS) is 1. The van der Waals surface area contributed by atoms with E-state index in [1.807, 2.05) is 83.2 Å². The van der Waals surface area contributed by atoms with E-state index >= 15 is 0 Å². The van der Waals surface area contributed by atoms with Crippen LogP contribution in [0.2, 0.25) is 0 Å². The number of nitrogen functional groups attached to an aromatic ring is 4. The summed E-state index contributed by atoms with van der Waals surface area (Å²) in [6, 6.07) is 14.7. The number of carbonyl (C=O) groups excluding carboxylic acids is 4. The van der Waals surface area contributed by atoms with Crippen LogP contribution in [0, 0.1) is 6.57 Å². The summed E-state index contributed by atoms with van der Waals surface area (Å²) in [4.78, 5) is 93.4. The predicted molar refractivity (Wildman–Crippen MR) is 421 cm³/mol. The molecule has 10 rings (SSSR count). The Labute approximate surface area is 647 Å². The second-order valence-corrected chi connectivity index (χ2v) is 31.8. The number of nitrogens with two attached hydrogens (primary N) is 4. The van der Waals surface area contributed by atoms with Crippen molar-refractivity contribution in [3.8, 4) is 17.2 Å². The first-order valence-corrected chi connectivity index (χ1v) is 38.8. The van der Waals surface area contributed by atoms with Gasteiger partial charge in [0.2, 0.25) is 0 Å². The lowest BCUT2D eigenvalue weighted by Gasteiger charge is -2.28. The van der Waals surface area contributed by atoms with Crippen molar-refractivity contribution >= 4 is 69.5 Å². The number of aliphatic carboxylic acids is 1. The first-order chi connectivity index (χ1) is 50.9. The summed E-state index contributed by atoms with van der Waals surface area (Å²) in [5.41, 5.74) is 20.0. The van der Waals surface area contributed by atoms with Gasteiger partial charge in [-0.15, -0.1) is 5.01 Å². The molecule has 10 heterocycles. The molecule has 0 aliphatic carbocycles. The predicted octanol–water partition coefficient (Wildman–Crippen LogP) is 12.5. The van der Waals surface area contributed by atoms with E-state index in [1.165, 1.54) is 36.1 Å². The van der Waals surface area contributed by atoms with E-state index in [4.69, 9.17) is 72.9 Å². The quantitative estimate of drug-likeness (QED) is 0.0260. The van der Waals surface area contributed by atoms with Gasteiger partial charge < -0.3 is 96.2 Å². The van der Waals surface area contributed by atoms with E-state index in [9.17, 15) is 28.8 Å². The molecule has 108 heavy (non-hydrogen) atoms. The van der Waals surface area contributed by atoms with Gasteiger partial charge in [-0.05, 0) is 204 Å². The molecule has 6 aliphatic rings. The standard InChI is InChI=1S/C16H25N3O3.C12H16N4O.C11H20BrNO2.C11H17N3O.C11H19NO4.C11H21NO3.C5H6N2O/c1-16(2,3)22-15(20)19-9-4-5-12(19)7-10-21-13-6-8-18-14(17)11-13;1-14-16-7-2-3-10(16)5-8-17-11-4-6-15-12(13)9-11;1-11(2,3)15-10(14)13-8-4-5-9(13)6-7-12;12-11-8-10(3-6-14-11)15-7-4-9-2-1-5-13-9;1-11(2,3)16-10(15)12-6-4-5-8(12)7-9(13)14;1-11(2,3)15-10(14)12-7-4-5-9(12)6-8-13;6-5-3-4(8)1-2-7-5/h6,8,11-12H,4-5,7,9-10H2,1-3H3,(H2,17,18);4,6,9-10H,2-3,5,7-8H2,(H2,13,15);9H,4-8H2,1-3H3;3,6,8-9,13H,1-2,4-5,7H2,(H2,12,14);8H,4-7H2,1-3H3,(H,13,14);9,13H,4-8H2,1-3H3;1-3H,(H3,6,7,8). The second kappa shape index (κ2) is 46.6. The molecular formula is C77H124BrN15O15. The number of nitrogens with zero attached hydrogens (tertiary/aromatic N) is 9. The van der Waals surface area contributed by atoms with Crippen LogP contribution in [0.5, 0.6) is 17.2 Å². The first-order valence-electron chi connectivity index (χ1n) is 37.7. The van der Waals surface area contributed by atoms with Gasteiger partial charge in [0.15, 0.2) is 5.43 Å². The Morgan fingerprint density at radius 3 is 1.23 bits per heavy atom. The fourth-order valence-corrected chi connectivity index (χ4v) is 12.9. The molecule has 12 N–H and O–H groups in total. The molecule has 0 bridgehead atoms. The average Bonchev–Trinajstić information content (AvgIpc) is 1.69. The van der Waals surface area contributed by atoms with Gasteiger partial charge >= 0.3 is 30.3 Å². The number of carboxylic acids is 1. The minimum atomic E-state index is -0.875. The largest absolute Gasteiger partial charge is 0.493 e. The number of carbonyl (C=O) groups is 5. The van der Waals surface area contributed by atoms with Crippen molar-refractivity contribution in [2.45, 2.75) is 257 Å². The number of aliphatic hydroxyl groups is 1. The lowest BCUT2D eigenvalue weighted by molar-refractivity contribution is -0.138. The number of likely N-dealkylation sites (tertiary alicyclic amines) is 4. The normalized spacial score (nSPS) is 19.4. The van der Waals surface area contributed by atoms with Crippen LogP contribution in [-0.2, 0) is 23.7 Å². The highest BCUT2D eigenvalue weighted by molar-refractivity contribution is 9.09. The Hall–Kier alpha value is -8.76. The molecule has 6 atom stereocenters. The molecule has 0 radical (unpaired) electrons. The number of anilines is 4. The lowest BCUT2D eigenvalue weighted by atomic mass is 10.1. The fraction of sp³-hybridized carbons (Fsp3) is 0.662. The zero-order valence-corrected chi connectivity index (χ0v) is 67.4. The number of rotatable bonds is 18. The second-order valence-electron chi connectivity index (χ2n) is 31.0. The number of H-pyrrole nitrogens is 1. The van der Waals surface area contributed by atoms with Crippen LogP contribution >= 0.6 is 15.9 Å². The zero-order valence-electron chi connectivity index (χ0n) is 65.8. The van der Waals surface area contributed by atoms with Crippen LogP contribution in [0.25, 0.3) is 4.95 Å². The third-order valence-electron chi connectivity index (χ3n) is 17.2. The van der Waals surface area contributed by atoms with Crippen molar-refractivity contribution in [3.05, 3.63) is 95.1 Å². The van der Waals surface area contributed by atoms with Gasteiger partial charge in [0.05, 0.1) is 32.8 Å². The van der Waals surface area contributed by atoms with Crippen LogP contribution in [0.4, 0.5) is 42.4 Å². The fourth-order valence-electron chi connectivity index (χ4n) is 12.4. The Kier molecular flexibility index (Phi) is 39.5. The SMILES string of the molecule is CC(C)(C)OC(=O)N1CCCC1CC(=O)O.CC(C)(C)OC(=O)N1CCCC1CCBr.CC(C)(C)OC(=O)N1CCCC1CCO.CC(C)(C)OC(=O)N1CCCC1CCOc1ccnc(N)c1.Nc1cc(=O)cc[nH]1.Nc1cc(OCCC2CCCN2)ccn1.[C-]#[N+]N1CCCC1CCOc1ccnc(N)c1. The maximum Gasteiger partial charge on any atom is 0.410 e. The topological polar surface area (TPSA) is 399 Å². The van der Waals surface area contributed by atoms with E-state index in [-0.39, 0.29) is 54.9 Å². The lowest BCUT2D eigenvalue weighted by Crippen LogP contribution is -2.40. The number of aromatic nitrogens is 4. The van der Waals surface area contributed by atoms with Gasteiger partial charge in [-0.3, -0.25) is 9.59 Å². The maximum atomic E-state index is 12.2. The van der Waals surface area contributed by atoms with E-state index in [0.717, 1.165) is 146 Å². The van der Waals surface area contributed by atoms with Crippen molar-refractivity contribution in [3.63, 3.8) is 0 Å². The monoisotopic (exact) mass is 1580 g/mol. The minimum absolute atomic E-state index is 0.000751. The third kappa shape index (κ3) is 37.9. The van der Waals surface area contributed by atoms with Gasteiger partial charge in [0.1, 0.15) is 69.0 Å². The highest BCUT2D eigenvalue weighted by atomic mass is 79.9. The van der Waals surface area contributed by atoms with E-state index in [1.54, 1.807) is 74.6 Å². The molecule has 30 nitrogen and oxygen atoms in total. The molecule has 4 aromatic heterocycles. The zero-order chi connectivity index (χ0) is 80.0. The number of aromatic amines is 1. The number of nitrogens with one attached hydrogen (secondary N) is 2. The summed E-state index contributed by atoms with van der Waals surface area (Å²) in [7, 11) is 0. The molecule has 0 spiro atoms. The molecule has 4 amide bonds. The molecule has 0 aromatic carbocycles. The van der Waals surface area contributed by atoms with Crippen molar-refractivity contribution in [2.24, 2.45) is 0 Å². The van der Waals surface area contributed by atoms with Gasteiger partial charge in [-0.1, -0.05) is 15.9 Å². The number of aliphatic hydroxyl groups excluding tert-OH is 1. The van der Waals surface area contributed by atoms with Crippen LogP contribution < -0.4 is 47.9 Å². The molecular weight excluding hydrogens is 1450 g/mol. The van der Waals surface area contributed by atoms with Gasteiger partial charge in [0.25, 0.3) is 0 Å². The smallest absolute Gasteiger partial charge is 0.410 e. The molecule has 604 valence electrons. The number of hydrogen-bond acceptors (Lipinski definition) is 23. The molecule has 6 saturated heterocycles. The molecule has 6 fully saturated rings. The molecule has 4 aromatic rings. The number of alkyl halides is 1. The Morgan fingerprint density at radius 1 is 0.519 bits per heavy atom. The molecule has 6 unspecified atom stereocenters. The van der Waals surface area contributed by atoms with Gasteiger partial charge in [0, 0.05) is 136 Å². The summed E-state index contributed by atoms with van der Waals surface area (Å²) < 4.78 is 38.2. The van der Waals surface area contributed by atoms with Gasteiger partial charge in [-0.25, -0.2) is 34.1 Å². The highest BCUT2D eigenvalue weighted by Gasteiger charge is 2.36. The van der Waals surface area contributed by atoms with Gasteiger partial charge in [-0.2, -0.15) is 11.5 Å². The Bertz CT molecular complexity index is 3380. The summed E-state index contributed by atoms with van der Waals surface area (Å²) in [5.74, 6) is 3.18. The van der Waals surface area contributed by atoms with Crippen molar-refractivity contribution in [2.75, 3.05) is 94.0 Å². The van der Waals surface area contributed by atoms with Crippen LogP contribution in [0.3, 0.4) is 0 Å². The van der Waals surface area contributed by atoms with E-state index in [0.29, 0.717) is 73.3 Å². The van der Waals surface area contributed by atoms with Crippen molar-refractivity contribution in [1.82, 2.24) is 49.9 Å². The van der Waals surface area contributed by atoms with E-state index < -0.39 is 34.5 Å². The third-order valence-corrected chi connectivity index (χ3v) is 17.7. The molecule has 6 aliphatic heterocycles. The maximum absolute atomic E-state index is 12.2. The number of hydrogen-bond donors (Lipinski definition) is 8. The molecule has 31 heteroatoms. The Balaban J connectivity index is 0.000000269. The summed E-state index contributed by atoms with van der Waals surface area (Å²) >= 11 is 3.42. The number of halogens is 1. The van der Waals surface area contributed by atoms with Crippen molar-refractivity contribution < 1.29 is 67.3 Å². The number of pyridine rings is 4. The van der Waals surface area contributed by atoms with Crippen LogP contribution in [-0.4, -0.2) is 215 Å². The van der Waals surface area contributed by atoms with E-state index in [2.05, 4.69) is 46.1 Å². The minimum Gasteiger partial charge on any atom is -0.493 e. The highest BCUT2D eigenvalue weighted by Crippen LogP contribution is 2.29. The van der Waals surface area contributed by atoms with Crippen LogP contribution in [0.15, 0.2) is 78.1 Å². The average molecular weight is 1580 g/mol. The number of amides is 4.